The van der Waals surface area contributed by atoms with E-state index < -0.39 is 12.6 Å². The van der Waals surface area contributed by atoms with Gasteiger partial charge in [0.25, 0.3) is 0 Å². The Morgan fingerprint density at radius 2 is 1.89 bits per heavy atom. The zero-order chi connectivity index (χ0) is 7.49. The molecule has 0 aliphatic rings. The summed E-state index contributed by atoms with van der Waals surface area (Å²) in [5, 5.41) is 0.409. The van der Waals surface area contributed by atoms with Gasteiger partial charge in [-0.3, -0.25) is 0 Å². The van der Waals surface area contributed by atoms with Crippen LogP contribution in [-0.2, 0) is 0 Å². The van der Waals surface area contributed by atoms with Crippen LogP contribution >= 0.6 is 15.9 Å². The summed E-state index contributed by atoms with van der Waals surface area (Å²) >= 11 is 2.97. The van der Waals surface area contributed by atoms with Gasteiger partial charge in [0.15, 0.2) is 0 Å². The van der Waals surface area contributed by atoms with Crippen molar-refractivity contribution in [3.05, 3.63) is 0 Å². The molecule has 0 aromatic rings. The Morgan fingerprint density at radius 1 is 1.44 bits per heavy atom. The third-order valence-corrected chi connectivity index (χ3v) is 1.95. The fourth-order valence-electron chi connectivity index (χ4n) is 0.450. The van der Waals surface area contributed by atoms with Gasteiger partial charge in [-0.25, -0.2) is 0 Å². The molecule has 0 rings (SSSR count). The highest BCUT2D eigenvalue weighted by Gasteiger charge is 2.29. The van der Waals surface area contributed by atoms with Crippen LogP contribution in [0.3, 0.4) is 0 Å². The molecule has 0 heterocycles. The molecular weight excluding hydrogens is 197 g/mol. The van der Waals surface area contributed by atoms with Gasteiger partial charge in [0.05, 0.1) is 0 Å². The van der Waals surface area contributed by atoms with Crippen LogP contribution in [0, 0.1) is 5.92 Å². The van der Waals surface area contributed by atoms with Crippen molar-refractivity contribution in [2.24, 2.45) is 5.92 Å². The molecule has 0 aliphatic heterocycles. The summed E-state index contributed by atoms with van der Waals surface area (Å²) in [5.41, 5.74) is 0. The Balaban J connectivity index is 3.47. The normalized spacial score (nSPS) is 15.7. The summed E-state index contributed by atoms with van der Waals surface area (Å²) in [6.45, 7) is 1.56. The summed E-state index contributed by atoms with van der Waals surface area (Å²) < 4.78 is 34.4. The quantitative estimate of drug-likeness (QED) is 0.608. The molecule has 0 N–H and O–H groups in total. The van der Waals surface area contributed by atoms with E-state index in [4.69, 9.17) is 0 Å². The molecule has 0 saturated carbocycles. The molecule has 1 atom stereocenters. The number of rotatable bonds is 2. The molecule has 0 aliphatic carbocycles. The van der Waals surface area contributed by atoms with Crippen molar-refractivity contribution in [1.29, 1.82) is 0 Å². The van der Waals surface area contributed by atoms with Crippen molar-refractivity contribution in [1.82, 2.24) is 0 Å². The maximum absolute atomic E-state index is 11.5. The predicted molar refractivity (Wildman–Crippen MR) is 33.6 cm³/mol. The Labute approximate surface area is 60.6 Å². The largest absolute Gasteiger partial charge is 0.389 e. The minimum atomic E-state index is -4.01. The van der Waals surface area contributed by atoms with Crippen molar-refractivity contribution < 1.29 is 13.2 Å². The molecule has 4 heteroatoms. The summed E-state index contributed by atoms with van der Waals surface area (Å²) in [6, 6.07) is 0. The lowest BCUT2D eigenvalue weighted by Gasteiger charge is -2.09. The Kier molecular flexibility index (Phi) is 3.54. The van der Waals surface area contributed by atoms with E-state index in [2.05, 4.69) is 15.9 Å². The Bertz CT molecular complexity index is 78.8. The molecule has 9 heavy (non-hydrogen) atoms. The van der Waals surface area contributed by atoms with Crippen molar-refractivity contribution in [3.8, 4) is 0 Å². The maximum Gasteiger partial charge on any atom is 0.389 e. The molecular formula is C5H8BrF3. The van der Waals surface area contributed by atoms with E-state index in [0.29, 0.717) is 5.33 Å². The van der Waals surface area contributed by atoms with Gasteiger partial charge >= 0.3 is 6.18 Å². The molecule has 56 valence electrons. The second-order valence-electron chi connectivity index (χ2n) is 2.08. The standard InChI is InChI=1S/C5H8BrF3/c1-4(3-6)2-5(7,8)9/h4H,2-3H2,1H3. The van der Waals surface area contributed by atoms with Crippen molar-refractivity contribution in [2.45, 2.75) is 19.5 Å². The summed E-state index contributed by atoms with van der Waals surface area (Å²) in [4.78, 5) is 0. The first kappa shape index (κ1) is 9.27. The minimum absolute atomic E-state index is 0.315. The van der Waals surface area contributed by atoms with Crippen molar-refractivity contribution in [3.63, 3.8) is 0 Å². The fraction of sp³-hybridized carbons (Fsp3) is 1.00. The van der Waals surface area contributed by atoms with E-state index in [0.717, 1.165) is 0 Å². The molecule has 1 unspecified atom stereocenters. The zero-order valence-corrected chi connectivity index (χ0v) is 6.59. The monoisotopic (exact) mass is 204 g/mol. The second-order valence-corrected chi connectivity index (χ2v) is 2.73. The number of halogens is 4. The summed E-state index contributed by atoms with van der Waals surface area (Å²) in [6.07, 6.45) is -4.70. The van der Waals surface area contributed by atoms with Gasteiger partial charge in [-0.1, -0.05) is 22.9 Å². The van der Waals surface area contributed by atoms with Crippen molar-refractivity contribution in [2.75, 3.05) is 5.33 Å². The van der Waals surface area contributed by atoms with Gasteiger partial charge in [-0.05, 0) is 5.92 Å². The lowest BCUT2D eigenvalue weighted by molar-refractivity contribution is -0.141. The maximum atomic E-state index is 11.5. The highest BCUT2D eigenvalue weighted by Crippen LogP contribution is 2.25. The van der Waals surface area contributed by atoms with E-state index in [9.17, 15) is 13.2 Å². The Hall–Kier alpha value is 0.270. The van der Waals surface area contributed by atoms with Crippen molar-refractivity contribution >= 4 is 15.9 Å². The van der Waals surface area contributed by atoms with Crippen LogP contribution < -0.4 is 0 Å². The predicted octanol–water partition coefficient (Wildman–Crippen LogP) is 2.97. The average Bonchev–Trinajstić information content (AvgIpc) is 1.62. The van der Waals surface area contributed by atoms with Crippen LogP contribution in [0.25, 0.3) is 0 Å². The smallest absolute Gasteiger partial charge is 0.171 e. The van der Waals surface area contributed by atoms with Gasteiger partial charge in [0, 0.05) is 11.8 Å². The molecule has 0 aromatic carbocycles. The number of alkyl halides is 4. The first-order valence-corrected chi connectivity index (χ1v) is 3.70. The lowest BCUT2D eigenvalue weighted by Crippen LogP contribution is -2.13. The third-order valence-electron chi connectivity index (χ3n) is 0.843. The Morgan fingerprint density at radius 3 is 2.00 bits per heavy atom. The average molecular weight is 205 g/mol. The van der Waals surface area contributed by atoms with Crippen LogP contribution in [0.5, 0.6) is 0 Å². The van der Waals surface area contributed by atoms with Gasteiger partial charge < -0.3 is 0 Å². The third kappa shape index (κ3) is 6.15. The van der Waals surface area contributed by atoms with Crippen LogP contribution in [0.2, 0.25) is 0 Å². The zero-order valence-electron chi connectivity index (χ0n) is 5.00. The molecule has 0 nitrogen and oxygen atoms in total. The molecule has 0 saturated heterocycles. The highest BCUT2D eigenvalue weighted by atomic mass is 79.9. The van der Waals surface area contributed by atoms with Crippen LogP contribution in [0.15, 0.2) is 0 Å². The lowest BCUT2D eigenvalue weighted by atomic mass is 10.1. The minimum Gasteiger partial charge on any atom is -0.171 e. The number of hydrogen-bond acceptors (Lipinski definition) is 0. The topological polar surface area (TPSA) is 0 Å². The van der Waals surface area contributed by atoms with Gasteiger partial charge in [-0.2, -0.15) is 13.2 Å². The van der Waals surface area contributed by atoms with E-state index in [-0.39, 0.29) is 5.92 Å². The van der Waals surface area contributed by atoms with Crippen LogP contribution in [0.4, 0.5) is 13.2 Å². The van der Waals surface area contributed by atoms with Gasteiger partial charge in [0.1, 0.15) is 0 Å². The highest BCUT2D eigenvalue weighted by molar-refractivity contribution is 9.09. The SMILES string of the molecule is CC(CBr)CC(F)(F)F. The first-order chi connectivity index (χ1) is 3.95. The summed E-state index contributed by atoms with van der Waals surface area (Å²) in [5.74, 6) is -0.315. The number of hydrogen-bond donors (Lipinski definition) is 0. The first-order valence-electron chi connectivity index (χ1n) is 2.58. The molecule has 0 amide bonds. The second kappa shape index (κ2) is 3.44. The van der Waals surface area contributed by atoms with Crippen LogP contribution in [-0.4, -0.2) is 11.5 Å². The molecule has 0 spiro atoms. The van der Waals surface area contributed by atoms with Gasteiger partial charge in [0.2, 0.25) is 0 Å². The molecule has 0 bridgehead atoms. The molecule has 0 fully saturated rings. The summed E-state index contributed by atoms with van der Waals surface area (Å²) in [7, 11) is 0. The van der Waals surface area contributed by atoms with E-state index >= 15 is 0 Å². The molecule has 0 radical (unpaired) electrons. The van der Waals surface area contributed by atoms with Crippen LogP contribution in [0.1, 0.15) is 13.3 Å². The fourth-order valence-corrected chi connectivity index (χ4v) is 0.679. The van der Waals surface area contributed by atoms with E-state index in [1.807, 2.05) is 0 Å². The molecule has 0 aromatic heterocycles. The van der Waals surface area contributed by atoms with E-state index in [1.165, 1.54) is 0 Å². The van der Waals surface area contributed by atoms with E-state index in [1.54, 1.807) is 6.92 Å². The van der Waals surface area contributed by atoms with Gasteiger partial charge in [-0.15, -0.1) is 0 Å².